The predicted molar refractivity (Wildman–Crippen MR) is 298 cm³/mol. The molecule has 6 saturated heterocycles. The number of benzene rings is 3. The predicted octanol–water partition coefficient (Wildman–Crippen LogP) is 12.7. The average molecular weight is 1060 g/mol. The molecule has 2 unspecified atom stereocenters. The van der Waals surface area contributed by atoms with Crippen molar-refractivity contribution in [3.05, 3.63) is 173 Å². The van der Waals surface area contributed by atoms with E-state index in [1.165, 1.54) is 101 Å². The van der Waals surface area contributed by atoms with E-state index in [4.69, 9.17) is 10.5 Å². The number of nitrogens with two attached hydrogens (primary N) is 1. The summed E-state index contributed by atoms with van der Waals surface area (Å²) in [6, 6.07) is 25.1. The van der Waals surface area contributed by atoms with Crippen LogP contribution in [0.2, 0.25) is 0 Å². The number of aliphatic hydroxyl groups is 1. The molecule has 0 radical (unpaired) electrons. The normalized spacial score (nSPS) is 23.4. The van der Waals surface area contributed by atoms with E-state index < -0.39 is 0 Å². The van der Waals surface area contributed by atoms with Crippen LogP contribution in [0.3, 0.4) is 0 Å². The Labute approximate surface area is 445 Å². The number of fused-ring (bicyclic) bond motifs is 8. The number of halogens is 3. The summed E-state index contributed by atoms with van der Waals surface area (Å²) >= 11 is 5.16. The third-order valence-corrected chi connectivity index (χ3v) is 16.6. The quantitative estimate of drug-likeness (QED) is 0.142. The van der Waals surface area contributed by atoms with Gasteiger partial charge in [0, 0.05) is 41.5 Å². The number of nitrogens with zero attached hydrogens (tertiary/aromatic N) is 3. The lowest BCUT2D eigenvalue weighted by Crippen LogP contribution is -2.53. The van der Waals surface area contributed by atoms with Crippen molar-refractivity contribution in [2.24, 2.45) is 17.6 Å². The monoisotopic (exact) mass is 1060 g/mol. The molecule has 73 heavy (non-hydrogen) atoms. The van der Waals surface area contributed by atoms with Crippen LogP contribution in [0, 0.1) is 29.3 Å². The smallest absolute Gasteiger partial charge is 0.410 e. The third-order valence-electron chi connectivity index (χ3n) is 13.9. The number of ether oxygens (including phenoxy) is 1. The highest BCUT2D eigenvalue weighted by molar-refractivity contribution is 7.10. The number of amides is 1. The molecule has 9 nitrogen and oxygen atoms in total. The largest absolute Gasteiger partial charge is 0.444 e. The number of aliphatic hydroxyl groups excluding tert-OH is 1. The molecule has 14 rings (SSSR count). The van der Waals surface area contributed by atoms with Gasteiger partial charge in [0.1, 0.15) is 29.8 Å². The molecule has 4 N–H and O–H groups in total. The summed E-state index contributed by atoms with van der Waals surface area (Å²) in [5.41, 5.74) is 12.0. The number of aldehydes is 1. The molecule has 15 heteroatoms. The molecule has 4 atom stereocenters. The zero-order valence-corrected chi connectivity index (χ0v) is 41.2. The SMILES string of the molecule is C.C.C.C.Fc1ccc(C2NCCc3ccsc32)cc1.NCCc1ccsc1.O=C(O[C@@H]1CN2CCC1CC2)N1CCc2ccsc2C1c1ccc(F)cc1.O=Cc1ccc(F)cc1.O[C@@H]1CN2CCC1CC2. The lowest BCUT2D eigenvalue weighted by Gasteiger charge is -2.45. The molecule has 0 saturated carbocycles. The van der Waals surface area contributed by atoms with E-state index >= 15 is 0 Å². The van der Waals surface area contributed by atoms with E-state index in [0.717, 1.165) is 82.5 Å². The van der Waals surface area contributed by atoms with Gasteiger partial charge in [-0.05, 0) is 206 Å². The molecule has 398 valence electrons. The third kappa shape index (κ3) is 16.4. The molecule has 0 aliphatic carbocycles. The van der Waals surface area contributed by atoms with E-state index in [0.29, 0.717) is 30.2 Å². The summed E-state index contributed by atoms with van der Waals surface area (Å²) in [6.45, 7) is 8.87. The number of carbonyl (C=O) groups is 2. The molecule has 4 bridgehead atoms. The second-order valence-corrected chi connectivity index (χ2v) is 21.0. The second kappa shape index (κ2) is 30.0. The standard InChI is InChI=1S/C21H23FN2O2S.C13H12FNS.C7H5FO.C7H13NO.C6H9NS.4CH4/c22-17-3-1-15(2-4-17)19-20-16(8-12-27-20)7-11-24(19)21(25)26-18-13-23-9-5-14(18)6-10-23;14-11-3-1-9(2-4-11)12-13-10(5-7-15-12)6-8-16-13;8-7-3-1-6(5-9)2-4-7;9-7-5-8-3-1-6(7)2-4-8;7-3-1-6-2-4-8-5-6;;;;/h1-4,8,12,14,18-19H,5-7,9-11,13H2;1-4,6,8,12,15H,5,7H2;1-5H;6-7,9H,1-5H2;2,4-5H,1,3,7H2;4*1H4/t18-,19?;;;7-;;;;;/m1..1...../s1. The molecule has 3 aromatic heterocycles. The number of hydrogen-bond acceptors (Lipinski definition) is 11. The van der Waals surface area contributed by atoms with Crippen molar-refractivity contribution in [1.82, 2.24) is 20.0 Å². The first-order valence-electron chi connectivity index (χ1n) is 24.0. The van der Waals surface area contributed by atoms with Crippen molar-refractivity contribution in [2.75, 3.05) is 58.9 Å². The summed E-state index contributed by atoms with van der Waals surface area (Å²) < 4.78 is 44.4. The Bertz CT molecular complexity index is 2490. The van der Waals surface area contributed by atoms with Crippen LogP contribution in [0.1, 0.15) is 115 Å². The fraction of sp³-hybridized carbons (Fsp3) is 0.448. The van der Waals surface area contributed by atoms with Crippen LogP contribution in [-0.4, -0.2) is 103 Å². The van der Waals surface area contributed by atoms with Gasteiger partial charge in [0.25, 0.3) is 0 Å². The van der Waals surface area contributed by atoms with Crippen LogP contribution < -0.4 is 11.1 Å². The lowest BCUT2D eigenvalue weighted by molar-refractivity contribution is -0.0461. The molecular weight excluding hydrogens is 984 g/mol. The first kappa shape index (κ1) is 60.8. The first-order chi connectivity index (χ1) is 33.6. The Morgan fingerprint density at radius 3 is 1.73 bits per heavy atom. The maximum Gasteiger partial charge on any atom is 0.410 e. The van der Waals surface area contributed by atoms with Gasteiger partial charge in [0.2, 0.25) is 0 Å². The zero-order chi connectivity index (χ0) is 48.1. The van der Waals surface area contributed by atoms with Gasteiger partial charge in [-0.25, -0.2) is 18.0 Å². The highest BCUT2D eigenvalue weighted by atomic mass is 32.1. The zero-order valence-electron chi connectivity index (χ0n) is 38.8. The maximum absolute atomic E-state index is 13.4. The molecule has 11 heterocycles. The van der Waals surface area contributed by atoms with Crippen molar-refractivity contribution < 1.29 is 32.6 Å². The fourth-order valence-electron chi connectivity index (χ4n) is 9.97. The number of hydrogen-bond donors (Lipinski definition) is 3. The molecule has 6 fully saturated rings. The van der Waals surface area contributed by atoms with E-state index in [1.807, 2.05) is 17.0 Å². The molecule has 3 aromatic carbocycles. The Morgan fingerprint density at radius 1 is 0.685 bits per heavy atom. The van der Waals surface area contributed by atoms with E-state index in [2.05, 4.69) is 54.8 Å². The minimum Gasteiger partial charge on any atom is -0.444 e. The number of carbonyl (C=O) groups excluding carboxylic acids is 2. The van der Waals surface area contributed by atoms with Crippen LogP contribution in [0.4, 0.5) is 18.0 Å². The highest BCUT2D eigenvalue weighted by Crippen LogP contribution is 2.40. The highest BCUT2D eigenvalue weighted by Gasteiger charge is 2.40. The maximum atomic E-state index is 13.4. The summed E-state index contributed by atoms with van der Waals surface area (Å²) in [5, 5.41) is 21.3. The summed E-state index contributed by atoms with van der Waals surface area (Å²) in [6.07, 6.45) is 8.07. The van der Waals surface area contributed by atoms with Crippen LogP contribution in [0.5, 0.6) is 0 Å². The number of piperidine rings is 6. The van der Waals surface area contributed by atoms with E-state index in [9.17, 15) is 27.9 Å². The molecule has 6 aromatic rings. The Morgan fingerprint density at radius 2 is 1.23 bits per heavy atom. The van der Waals surface area contributed by atoms with Gasteiger partial charge in [-0.2, -0.15) is 11.3 Å². The molecule has 1 amide bonds. The van der Waals surface area contributed by atoms with Crippen molar-refractivity contribution in [3.8, 4) is 0 Å². The fourth-order valence-corrected chi connectivity index (χ4v) is 12.8. The van der Waals surface area contributed by atoms with Crippen molar-refractivity contribution in [3.63, 3.8) is 0 Å². The van der Waals surface area contributed by atoms with Gasteiger partial charge in [0.05, 0.1) is 18.2 Å². The van der Waals surface area contributed by atoms with Crippen molar-refractivity contribution in [1.29, 1.82) is 0 Å². The summed E-state index contributed by atoms with van der Waals surface area (Å²) in [5.74, 6) is 0.370. The Hall–Kier alpha value is -4.71. The van der Waals surface area contributed by atoms with E-state index in [-0.39, 0.29) is 77.5 Å². The topological polar surface area (TPSA) is 111 Å². The van der Waals surface area contributed by atoms with Gasteiger partial charge in [-0.3, -0.25) is 14.6 Å². The average Bonchev–Trinajstić information content (AvgIpc) is 4.20. The summed E-state index contributed by atoms with van der Waals surface area (Å²) in [7, 11) is 0. The lowest BCUT2D eigenvalue weighted by atomic mass is 9.86. The molecular formula is C58H78F3N5O4S3. The van der Waals surface area contributed by atoms with Crippen molar-refractivity contribution in [2.45, 2.75) is 98.9 Å². The van der Waals surface area contributed by atoms with Crippen LogP contribution in [0.15, 0.2) is 113 Å². The van der Waals surface area contributed by atoms with Gasteiger partial charge in [-0.15, -0.1) is 22.7 Å². The minimum atomic E-state index is -0.319. The number of thiophene rings is 3. The van der Waals surface area contributed by atoms with Crippen molar-refractivity contribution >= 4 is 46.4 Å². The number of nitrogens with one attached hydrogen (secondary N) is 1. The van der Waals surface area contributed by atoms with Crippen LogP contribution >= 0.6 is 34.0 Å². The number of rotatable bonds is 6. The second-order valence-electron chi connectivity index (χ2n) is 18.3. The van der Waals surface area contributed by atoms with Gasteiger partial charge in [-0.1, -0.05) is 54.0 Å². The molecule has 8 aliphatic rings. The van der Waals surface area contributed by atoms with Gasteiger partial charge in [0.15, 0.2) is 0 Å². The summed E-state index contributed by atoms with van der Waals surface area (Å²) in [4.78, 5) is 32.3. The van der Waals surface area contributed by atoms with Crippen LogP contribution in [0.25, 0.3) is 0 Å². The minimum absolute atomic E-state index is 0. The van der Waals surface area contributed by atoms with Gasteiger partial charge < -0.3 is 25.8 Å². The molecule has 8 aliphatic heterocycles. The van der Waals surface area contributed by atoms with Crippen LogP contribution in [-0.2, 0) is 24.0 Å². The first-order valence-corrected chi connectivity index (χ1v) is 26.7. The molecule has 0 spiro atoms. The Kier molecular flexibility index (Phi) is 25.0. The van der Waals surface area contributed by atoms with E-state index in [1.54, 1.807) is 46.1 Å². The Balaban J connectivity index is 0.000000214. The van der Waals surface area contributed by atoms with Gasteiger partial charge >= 0.3 is 6.09 Å².